The first kappa shape index (κ1) is 13.7. The molecule has 0 atom stereocenters. The molecule has 17 heavy (non-hydrogen) atoms. The zero-order valence-electron chi connectivity index (χ0n) is 9.30. The summed E-state index contributed by atoms with van der Waals surface area (Å²) in [6.45, 7) is 0.0964. The van der Waals surface area contributed by atoms with E-state index in [9.17, 15) is 9.59 Å². The number of nitrogens with one attached hydrogen (secondary N) is 1. The van der Waals surface area contributed by atoms with Crippen molar-refractivity contribution >= 4 is 28.5 Å². The second kappa shape index (κ2) is 7.05. The molecule has 0 aliphatic carbocycles. The Balaban J connectivity index is 2.51. The Morgan fingerprint density at radius 2 is 2.00 bits per heavy atom. The summed E-state index contributed by atoms with van der Waals surface area (Å²) in [6.07, 6.45) is 1.50. The summed E-state index contributed by atoms with van der Waals surface area (Å²) < 4.78 is 0. The lowest BCUT2D eigenvalue weighted by atomic mass is 10.2. The van der Waals surface area contributed by atoms with Crippen LogP contribution in [0.15, 0.2) is 24.3 Å². The highest BCUT2D eigenvalue weighted by atomic mass is 32.2. The van der Waals surface area contributed by atoms with Crippen LogP contribution in [0.5, 0.6) is 0 Å². The molecule has 0 aromatic heterocycles. The zero-order valence-corrected chi connectivity index (χ0v) is 10.1. The fraction of sp³-hybridized carbons (Fsp3) is 0.273. The monoisotopic (exact) mass is 255 g/mol. The number of hydrogen-bond acceptors (Lipinski definition) is 5. The van der Waals surface area contributed by atoms with Crippen LogP contribution in [-0.2, 0) is 21.1 Å². The molecule has 0 aliphatic heterocycles. The third kappa shape index (κ3) is 4.99. The summed E-state index contributed by atoms with van der Waals surface area (Å²) in [5, 5.41) is 10.7. The summed E-state index contributed by atoms with van der Waals surface area (Å²) in [5.41, 5.74) is 1.39. The number of carbonyl (C=O) groups is 2. The minimum atomic E-state index is -0.337. The van der Waals surface area contributed by atoms with Crippen molar-refractivity contribution in [2.24, 2.45) is 0 Å². The van der Waals surface area contributed by atoms with Crippen molar-refractivity contribution in [1.82, 2.24) is 0 Å². The number of thioether (sulfide) groups is 1. The average Bonchev–Trinajstić information content (AvgIpc) is 2.31. The number of carbonyl (C=O) groups excluding carboxylic acids is 2. The molecule has 0 radical (unpaired) electrons. The largest absolute Gasteiger partial charge is 0.326 e. The lowest BCUT2D eigenvalue weighted by Crippen LogP contribution is -2.14. The van der Waals surface area contributed by atoms with Gasteiger partial charge in [0.25, 0.3) is 0 Å². The molecule has 0 aliphatic rings. The molecule has 0 saturated heterocycles. The van der Waals surface area contributed by atoms with Crippen LogP contribution in [0, 0.1) is 0 Å². The van der Waals surface area contributed by atoms with Crippen molar-refractivity contribution in [2.75, 3.05) is 11.6 Å². The molecular formula is C11H13NO4S. The zero-order chi connectivity index (χ0) is 12.7. The summed E-state index contributed by atoms with van der Waals surface area (Å²) in [5.74, 6) is -0.337. The average molecular weight is 255 g/mol. The van der Waals surface area contributed by atoms with Crippen LogP contribution in [0.4, 0.5) is 5.69 Å². The van der Waals surface area contributed by atoms with Gasteiger partial charge in [-0.15, -0.1) is 0 Å². The summed E-state index contributed by atoms with van der Waals surface area (Å²) in [4.78, 5) is 26.4. The maximum Gasteiger partial charge on any atom is 0.232 e. The molecule has 0 heterocycles. The number of benzene rings is 1. The van der Waals surface area contributed by atoms with E-state index in [0.29, 0.717) is 5.69 Å². The van der Waals surface area contributed by atoms with E-state index >= 15 is 0 Å². The van der Waals surface area contributed by atoms with E-state index in [0.717, 1.165) is 17.3 Å². The second-order valence-corrected chi connectivity index (χ2v) is 4.14. The Hall–Kier alpha value is -1.37. The van der Waals surface area contributed by atoms with E-state index in [2.05, 4.69) is 10.2 Å². The van der Waals surface area contributed by atoms with Crippen molar-refractivity contribution in [3.63, 3.8) is 0 Å². The van der Waals surface area contributed by atoms with E-state index in [-0.39, 0.29) is 24.1 Å². The van der Waals surface area contributed by atoms with E-state index in [1.165, 1.54) is 0 Å². The predicted molar refractivity (Wildman–Crippen MR) is 65.6 cm³/mol. The van der Waals surface area contributed by atoms with Crippen LogP contribution in [0.1, 0.15) is 12.0 Å². The molecule has 1 amide bonds. The van der Waals surface area contributed by atoms with Crippen LogP contribution in [-0.4, -0.2) is 22.5 Å². The lowest BCUT2D eigenvalue weighted by Gasteiger charge is -2.05. The van der Waals surface area contributed by atoms with E-state index in [1.54, 1.807) is 30.5 Å². The van der Waals surface area contributed by atoms with Crippen molar-refractivity contribution in [2.45, 2.75) is 13.0 Å². The lowest BCUT2D eigenvalue weighted by molar-refractivity contribution is -0.253. The van der Waals surface area contributed by atoms with Gasteiger partial charge in [-0.05, 0) is 24.0 Å². The molecule has 1 aromatic rings. The second-order valence-electron chi connectivity index (χ2n) is 3.27. The number of rotatable bonds is 5. The van der Waals surface area contributed by atoms with Crippen LogP contribution in [0.2, 0.25) is 0 Å². The molecular weight excluding hydrogens is 242 g/mol. The van der Waals surface area contributed by atoms with Gasteiger partial charge in [-0.1, -0.05) is 23.9 Å². The highest BCUT2D eigenvalue weighted by Crippen LogP contribution is 2.11. The van der Waals surface area contributed by atoms with Crippen molar-refractivity contribution in [3.8, 4) is 0 Å². The standard InChI is InChI=1S/C11H13NO4S/c1-17-11(14)6-10(13)12-9-4-2-8(3-5-9)7-16-15/h2-5,15H,6-7H2,1H3,(H,12,13). The molecule has 0 unspecified atom stereocenters. The van der Waals surface area contributed by atoms with Gasteiger partial charge < -0.3 is 5.32 Å². The van der Waals surface area contributed by atoms with Crippen molar-refractivity contribution in [1.29, 1.82) is 0 Å². The van der Waals surface area contributed by atoms with E-state index in [1.807, 2.05) is 0 Å². The van der Waals surface area contributed by atoms with E-state index in [4.69, 9.17) is 5.26 Å². The van der Waals surface area contributed by atoms with Gasteiger partial charge in [-0.3, -0.25) is 14.8 Å². The molecule has 5 nitrogen and oxygen atoms in total. The third-order valence-electron chi connectivity index (χ3n) is 2.00. The topological polar surface area (TPSA) is 75.6 Å². The minimum absolute atomic E-state index is 0.0964. The first-order chi connectivity index (χ1) is 8.15. The first-order valence-corrected chi connectivity index (χ1v) is 6.10. The van der Waals surface area contributed by atoms with Crippen LogP contribution in [0.3, 0.4) is 0 Å². The molecule has 0 fully saturated rings. The maximum absolute atomic E-state index is 11.4. The van der Waals surface area contributed by atoms with Gasteiger partial charge >= 0.3 is 0 Å². The van der Waals surface area contributed by atoms with Gasteiger partial charge in [0, 0.05) is 5.69 Å². The van der Waals surface area contributed by atoms with Crippen LogP contribution in [0.25, 0.3) is 0 Å². The van der Waals surface area contributed by atoms with Gasteiger partial charge in [0.05, 0.1) is 6.42 Å². The normalized spacial score (nSPS) is 10.0. The van der Waals surface area contributed by atoms with E-state index < -0.39 is 0 Å². The fourth-order valence-corrected chi connectivity index (χ4v) is 1.44. The number of amides is 1. The Morgan fingerprint density at radius 3 is 2.53 bits per heavy atom. The Labute approximate surface area is 103 Å². The number of anilines is 1. The first-order valence-electron chi connectivity index (χ1n) is 4.87. The molecule has 1 aromatic carbocycles. The van der Waals surface area contributed by atoms with Gasteiger partial charge in [-0.2, -0.15) is 0 Å². The quantitative estimate of drug-likeness (QED) is 0.477. The van der Waals surface area contributed by atoms with Crippen LogP contribution < -0.4 is 5.32 Å². The molecule has 0 spiro atoms. The highest BCUT2D eigenvalue weighted by Gasteiger charge is 2.08. The summed E-state index contributed by atoms with van der Waals surface area (Å²) in [7, 11) is 0. The van der Waals surface area contributed by atoms with Gasteiger partial charge in [0.2, 0.25) is 5.91 Å². The Morgan fingerprint density at radius 1 is 1.35 bits per heavy atom. The van der Waals surface area contributed by atoms with Crippen molar-refractivity contribution < 1.29 is 19.7 Å². The fourth-order valence-electron chi connectivity index (χ4n) is 1.17. The van der Waals surface area contributed by atoms with Gasteiger partial charge in [0.15, 0.2) is 5.12 Å². The van der Waals surface area contributed by atoms with Gasteiger partial charge in [0.1, 0.15) is 6.61 Å². The Bertz CT molecular complexity index is 391. The van der Waals surface area contributed by atoms with Crippen molar-refractivity contribution in [3.05, 3.63) is 29.8 Å². The molecule has 1 rings (SSSR count). The molecule has 92 valence electrons. The molecule has 6 heteroatoms. The smallest absolute Gasteiger partial charge is 0.232 e. The maximum atomic E-state index is 11.4. The number of hydrogen-bond donors (Lipinski definition) is 2. The summed E-state index contributed by atoms with van der Waals surface area (Å²) >= 11 is 1.03. The Kier molecular flexibility index (Phi) is 5.68. The van der Waals surface area contributed by atoms with Crippen LogP contribution >= 0.6 is 11.8 Å². The predicted octanol–water partition coefficient (Wildman–Crippen LogP) is 1.89. The summed E-state index contributed by atoms with van der Waals surface area (Å²) in [6, 6.07) is 6.77. The highest BCUT2D eigenvalue weighted by molar-refractivity contribution is 8.13. The SMILES string of the molecule is CSC(=O)CC(=O)Nc1ccc(COO)cc1. The minimum Gasteiger partial charge on any atom is -0.326 e. The molecule has 2 N–H and O–H groups in total. The molecule has 0 bridgehead atoms. The molecule has 0 saturated carbocycles. The van der Waals surface area contributed by atoms with Gasteiger partial charge in [-0.25, -0.2) is 4.89 Å². The third-order valence-corrected chi connectivity index (χ3v) is 2.60.